The van der Waals surface area contributed by atoms with E-state index in [4.69, 9.17) is 14.2 Å². The largest absolute Gasteiger partial charge is 0.444 e. The van der Waals surface area contributed by atoms with Gasteiger partial charge >= 0.3 is 12.2 Å². The number of benzene rings is 2. The van der Waals surface area contributed by atoms with Crippen molar-refractivity contribution in [3.8, 4) is 0 Å². The Kier molecular flexibility index (Phi) is 7.86. The number of pyridine rings is 2. The average Bonchev–Trinajstić information content (AvgIpc) is 3.44. The first kappa shape index (κ1) is 32.2. The van der Waals surface area contributed by atoms with E-state index in [9.17, 15) is 19.2 Å². The topological polar surface area (TPSA) is 130 Å². The zero-order valence-corrected chi connectivity index (χ0v) is 26.9. The normalized spacial score (nSPS) is 20.1. The Morgan fingerprint density at radius 1 is 0.660 bits per heavy atom. The van der Waals surface area contributed by atoms with Crippen LogP contribution in [0.1, 0.15) is 76.8 Å². The van der Waals surface area contributed by atoms with Crippen LogP contribution in [-0.4, -0.2) is 45.7 Å². The molecule has 2 amide bonds. The molecule has 0 fully saturated rings. The molecule has 11 nitrogen and oxygen atoms in total. The number of carbonyl (C=O) groups is 2. The number of amides is 2. The van der Waals surface area contributed by atoms with Crippen molar-refractivity contribution >= 4 is 34.0 Å². The lowest BCUT2D eigenvalue weighted by atomic mass is 10.0. The zero-order valence-electron chi connectivity index (χ0n) is 26.9. The van der Waals surface area contributed by atoms with E-state index in [-0.39, 0.29) is 24.3 Å². The molecule has 4 atom stereocenters. The fourth-order valence-electron chi connectivity index (χ4n) is 6.50. The van der Waals surface area contributed by atoms with Crippen molar-refractivity contribution in [1.29, 1.82) is 0 Å². The van der Waals surface area contributed by atoms with Crippen molar-refractivity contribution in [3.05, 3.63) is 92.0 Å². The van der Waals surface area contributed by atoms with Crippen molar-refractivity contribution < 1.29 is 32.6 Å². The van der Waals surface area contributed by atoms with Crippen LogP contribution < -0.4 is 21.8 Å². The van der Waals surface area contributed by atoms with Gasteiger partial charge < -0.3 is 24.8 Å². The highest BCUT2D eigenvalue weighted by atomic mass is 19.1. The van der Waals surface area contributed by atoms with Crippen molar-refractivity contribution in [2.75, 3.05) is 13.2 Å². The third-order valence-corrected chi connectivity index (χ3v) is 8.13. The van der Waals surface area contributed by atoms with Gasteiger partial charge in [0.15, 0.2) is 0 Å². The molecule has 2 aromatic carbocycles. The van der Waals surface area contributed by atoms with E-state index in [1.165, 1.54) is 33.4 Å². The van der Waals surface area contributed by atoms with Gasteiger partial charge in [-0.3, -0.25) is 18.7 Å². The number of alkyl carbamates (subject to hydrolysis) is 2. The summed E-state index contributed by atoms with van der Waals surface area (Å²) in [5.74, 6) is -1.25. The Labute approximate surface area is 268 Å². The van der Waals surface area contributed by atoms with Gasteiger partial charge in [0.1, 0.15) is 22.8 Å². The maximum absolute atomic E-state index is 15.4. The van der Waals surface area contributed by atoms with E-state index in [2.05, 4.69) is 10.6 Å². The Bertz CT molecular complexity index is 1900. The van der Waals surface area contributed by atoms with Crippen LogP contribution in [0.15, 0.2) is 58.1 Å². The Morgan fingerprint density at radius 3 is 1.38 bits per heavy atom. The molecule has 0 radical (unpaired) electrons. The molecule has 248 valence electrons. The van der Waals surface area contributed by atoms with Crippen LogP contribution in [0.2, 0.25) is 0 Å². The molecule has 0 saturated heterocycles. The van der Waals surface area contributed by atoms with E-state index in [0.717, 1.165) is 0 Å². The van der Waals surface area contributed by atoms with E-state index < -0.39 is 70.3 Å². The molecule has 2 aliphatic rings. The molecule has 6 rings (SSSR count). The lowest BCUT2D eigenvalue weighted by molar-refractivity contribution is 0.0365. The number of hydrogen-bond acceptors (Lipinski definition) is 7. The summed E-state index contributed by atoms with van der Waals surface area (Å²) in [7, 11) is 0. The minimum absolute atomic E-state index is 0.112. The molecule has 0 spiro atoms. The van der Waals surface area contributed by atoms with E-state index >= 15 is 8.78 Å². The average molecular weight is 651 g/mol. The SMILES string of the molecule is CC(C)(C)OC(=O)NC1c2c(F)ccc3ccc(=O)n(c23)C1COCC1C(NC(=O)OC(C)(C)C)c2c(F)ccc3ccc(=O)n1c23. The van der Waals surface area contributed by atoms with Gasteiger partial charge in [0.2, 0.25) is 0 Å². The number of aromatic nitrogens is 2. The van der Waals surface area contributed by atoms with Crippen LogP contribution in [0.5, 0.6) is 0 Å². The summed E-state index contributed by atoms with van der Waals surface area (Å²) >= 11 is 0. The second-order valence-corrected chi connectivity index (χ2v) is 13.8. The lowest BCUT2D eigenvalue weighted by Gasteiger charge is -2.28. The first-order chi connectivity index (χ1) is 22.0. The molecule has 4 unspecified atom stereocenters. The zero-order chi connectivity index (χ0) is 34.0. The standard InChI is InChI=1S/C34H36F2N4O7/c1-33(2,3)46-31(43)37-27-21(39-23(41)13-9-17-7-11-19(35)25(27)29(17)39)15-45-16-22-28(38-32(44)47-34(4,5)6)26-20(36)12-8-18-10-14-24(42)40(22)30(18)26/h7-14,21-22,27-28H,15-16H2,1-6H3,(H,37,43)(H,38,44). The van der Waals surface area contributed by atoms with Gasteiger partial charge in [-0.2, -0.15) is 0 Å². The first-order valence-electron chi connectivity index (χ1n) is 15.3. The molecule has 2 aliphatic heterocycles. The third kappa shape index (κ3) is 5.95. The van der Waals surface area contributed by atoms with Crippen LogP contribution in [0.25, 0.3) is 21.8 Å². The highest BCUT2D eigenvalue weighted by Gasteiger charge is 2.42. The summed E-state index contributed by atoms with van der Waals surface area (Å²) in [4.78, 5) is 52.4. The number of carbonyl (C=O) groups excluding carboxylic acids is 2. The summed E-state index contributed by atoms with van der Waals surface area (Å²) in [6, 6.07) is 7.54. The first-order valence-corrected chi connectivity index (χ1v) is 15.3. The van der Waals surface area contributed by atoms with Gasteiger partial charge in [0.05, 0.1) is 48.4 Å². The van der Waals surface area contributed by atoms with Gasteiger partial charge in [-0.05, 0) is 88.7 Å². The van der Waals surface area contributed by atoms with Crippen LogP contribution in [0, 0.1) is 11.6 Å². The number of nitrogens with one attached hydrogen (secondary N) is 2. The fraction of sp³-hybridized carbons (Fsp3) is 0.412. The molecule has 47 heavy (non-hydrogen) atoms. The van der Waals surface area contributed by atoms with Gasteiger partial charge in [0, 0.05) is 23.3 Å². The predicted octanol–water partition coefficient (Wildman–Crippen LogP) is 5.55. The molecule has 0 bridgehead atoms. The van der Waals surface area contributed by atoms with Crippen molar-refractivity contribution in [1.82, 2.24) is 19.8 Å². The number of rotatable bonds is 6. The molecule has 4 aromatic rings. The highest BCUT2D eigenvalue weighted by Crippen LogP contribution is 2.43. The Morgan fingerprint density at radius 2 is 1.02 bits per heavy atom. The molecule has 2 aromatic heterocycles. The Hall–Kier alpha value is -4.78. The Balaban J connectivity index is 1.35. The monoisotopic (exact) mass is 650 g/mol. The maximum Gasteiger partial charge on any atom is 0.408 e. The summed E-state index contributed by atoms with van der Waals surface area (Å²) in [6.45, 7) is 9.68. The smallest absolute Gasteiger partial charge is 0.408 e. The molecular weight excluding hydrogens is 614 g/mol. The molecular formula is C34H36F2N4O7. The molecule has 4 heterocycles. The van der Waals surface area contributed by atoms with Crippen LogP contribution in [0.4, 0.5) is 18.4 Å². The van der Waals surface area contributed by atoms with Crippen molar-refractivity contribution in [3.63, 3.8) is 0 Å². The van der Waals surface area contributed by atoms with Gasteiger partial charge in [-0.15, -0.1) is 0 Å². The van der Waals surface area contributed by atoms with Crippen molar-refractivity contribution in [2.45, 2.75) is 76.9 Å². The van der Waals surface area contributed by atoms with E-state index in [1.54, 1.807) is 65.8 Å². The maximum atomic E-state index is 15.4. The predicted molar refractivity (Wildman–Crippen MR) is 169 cm³/mol. The number of hydrogen-bond donors (Lipinski definition) is 2. The fourth-order valence-corrected chi connectivity index (χ4v) is 6.50. The van der Waals surface area contributed by atoms with E-state index in [1.807, 2.05) is 0 Å². The quantitative estimate of drug-likeness (QED) is 0.280. The highest BCUT2D eigenvalue weighted by molar-refractivity contribution is 5.86. The van der Waals surface area contributed by atoms with Crippen LogP contribution >= 0.6 is 0 Å². The van der Waals surface area contributed by atoms with Crippen LogP contribution in [-0.2, 0) is 14.2 Å². The van der Waals surface area contributed by atoms with Gasteiger partial charge in [-0.1, -0.05) is 0 Å². The molecule has 13 heteroatoms. The molecule has 2 N–H and O–H groups in total. The molecule has 0 aliphatic carbocycles. The van der Waals surface area contributed by atoms with Gasteiger partial charge in [0.25, 0.3) is 11.1 Å². The second-order valence-electron chi connectivity index (χ2n) is 13.8. The number of ether oxygens (including phenoxy) is 3. The van der Waals surface area contributed by atoms with Gasteiger partial charge in [-0.25, -0.2) is 18.4 Å². The minimum atomic E-state index is -1.05. The summed E-state index contributed by atoms with van der Waals surface area (Å²) in [6.07, 6.45) is -1.63. The van der Waals surface area contributed by atoms with Crippen LogP contribution in [0.3, 0.4) is 0 Å². The lowest BCUT2D eigenvalue weighted by Crippen LogP contribution is -2.40. The molecule has 0 saturated carbocycles. The number of halogens is 2. The minimum Gasteiger partial charge on any atom is -0.444 e. The summed E-state index contributed by atoms with van der Waals surface area (Å²) < 4.78 is 50.7. The van der Waals surface area contributed by atoms with E-state index in [0.29, 0.717) is 21.8 Å². The summed E-state index contributed by atoms with van der Waals surface area (Å²) in [5, 5.41) is 6.61. The number of nitrogens with zero attached hydrogens (tertiary/aromatic N) is 2. The van der Waals surface area contributed by atoms with Crippen molar-refractivity contribution in [2.24, 2.45) is 0 Å². The second kappa shape index (κ2) is 11.5. The summed E-state index contributed by atoms with van der Waals surface area (Å²) in [5.41, 5.74) is -1.72. The third-order valence-electron chi connectivity index (χ3n) is 8.13.